The average molecular weight is 471 g/mol. The van der Waals surface area contributed by atoms with Crippen LogP contribution in [0.3, 0.4) is 0 Å². The third-order valence-electron chi connectivity index (χ3n) is 4.53. The van der Waals surface area contributed by atoms with Crippen LogP contribution in [0.15, 0.2) is 47.4 Å². The SMILES string of the molecule is COc1ccc(N(CC(=O)N[C@@H](C)c2ccc(S(C)(=O)=O)cc2)S(C)(=O)=O)cc1OC. The number of hydrogen-bond donors (Lipinski definition) is 1. The Labute approximate surface area is 182 Å². The maximum Gasteiger partial charge on any atom is 0.241 e. The summed E-state index contributed by atoms with van der Waals surface area (Å²) in [6.07, 6.45) is 2.12. The van der Waals surface area contributed by atoms with Gasteiger partial charge in [-0.3, -0.25) is 9.10 Å². The van der Waals surface area contributed by atoms with Crippen LogP contribution in [-0.4, -0.2) is 56.0 Å². The molecule has 2 aromatic rings. The van der Waals surface area contributed by atoms with Crippen LogP contribution < -0.4 is 19.1 Å². The molecule has 0 aliphatic heterocycles. The monoisotopic (exact) mass is 470 g/mol. The predicted molar refractivity (Wildman–Crippen MR) is 118 cm³/mol. The maximum atomic E-state index is 12.6. The molecule has 11 heteroatoms. The molecule has 0 fully saturated rings. The van der Waals surface area contributed by atoms with Gasteiger partial charge in [-0.25, -0.2) is 16.8 Å². The van der Waals surface area contributed by atoms with Crippen molar-refractivity contribution in [2.75, 3.05) is 37.6 Å². The van der Waals surface area contributed by atoms with E-state index in [1.807, 2.05) is 0 Å². The lowest BCUT2D eigenvalue weighted by atomic mass is 10.1. The lowest BCUT2D eigenvalue weighted by Gasteiger charge is -2.24. The minimum atomic E-state index is -3.77. The molecule has 0 aliphatic carbocycles. The Hall–Kier alpha value is -2.79. The quantitative estimate of drug-likeness (QED) is 0.593. The number of rotatable bonds is 9. The number of nitrogens with one attached hydrogen (secondary N) is 1. The fourth-order valence-corrected chi connectivity index (χ4v) is 4.36. The van der Waals surface area contributed by atoms with Crippen molar-refractivity contribution in [1.82, 2.24) is 5.32 Å². The summed E-state index contributed by atoms with van der Waals surface area (Å²) in [5.41, 5.74) is 0.929. The first-order valence-electron chi connectivity index (χ1n) is 9.16. The van der Waals surface area contributed by atoms with Crippen molar-refractivity contribution in [3.8, 4) is 11.5 Å². The summed E-state index contributed by atoms with van der Waals surface area (Å²) in [6, 6.07) is 10.2. The van der Waals surface area contributed by atoms with Crippen LogP contribution in [0.4, 0.5) is 5.69 Å². The molecule has 0 bridgehead atoms. The molecule has 0 heterocycles. The third-order valence-corrected chi connectivity index (χ3v) is 6.80. The minimum Gasteiger partial charge on any atom is -0.493 e. The Morgan fingerprint density at radius 1 is 0.968 bits per heavy atom. The highest BCUT2D eigenvalue weighted by atomic mass is 32.2. The molecule has 2 rings (SSSR count). The van der Waals surface area contributed by atoms with Crippen molar-refractivity contribution < 1.29 is 31.1 Å². The molecule has 1 atom stereocenters. The van der Waals surface area contributed by atoms with Crippen molar-refractivity contribution >= 4 is 31.5 Å². The van der Waals surface area contributed by atoms with Gasteiger partial charge in [0.25, 0.3) is 0 Å². The number of anilines is 1. The zero-order valence-electron chi connectivity index (χ0n) is 17.9. The molecule has 1 amide bonds. The summed E-state index contributed by atoms with van der Waals surface area (Å²) in [5, 5.41) is 2.73. The van der Waals surface area contributed by atoms with Crippen LogP contribution >= 0.6 is 0 Å². The van der Waals surface area contributed by atoms with Crippen LogP contribution in [0.5, 0.6) is 11.5 Å². The summed E-state index contributed by atoms with van der Waals surface area (Å²) in [7, 11) is -4.20. The van der Waals surface area contributed by atoms with E-state index in [0.29, 0.717) is 17.1 Å². The van der Waals surface area contributed by atoms with Crippen LogP contribution in [0.25, 0.3) is 0 Å². The van der Waals surface area contributed by atoms with Crippen LogP contribution in [-0.2, 0) is 24.7 Å². The van der Waals surface area contributed by atoms with Crippen molar-refractivity contribution in [1.29, 1.82) is 0 Å². The third kappa shape index (κ3) is 6.34. The highest BCUT2D eigenvalue weighted by Crippen LogP contribution is 2.32. The Kier molecular flexibility index (Phi) is 7.55. The van der Waals surface area contributed by atoms with E-state index >= 15 is 0 Å². The first kappa shape index (κ1) is 24.5. The molecule has 2 aromatic carbocycles. The number of hydrogen-bond acceptors (Lipinski definition) is 7. The van der Waals surface area contributed by atoms with Crippen LogP contribution in [0.1, 0.15) is 18.5 Å². The number of carbonyl (C=O) groups is 1. The zero-order chi connectivity index (χ0) is 23.4. The number of sulfone groups is 1. The van der Waals surface area contributed by atoms with Gasteiger partial charge in [-0.05, 0) is 36.8 Å². The topological polar surface area (TPSA) is 119 Å². The molecule has 170 valence electrons. The number of nitrogens with zero attached hydrogens (tertiary/aromatic N) is 1. The van der Waals surface area contributed by atoms with Crippen LogP contribution in [0.2, 0.25) is 0 Å². The molecule has 9 nitrogen and oxygen atoms in total. The van der Waals surface area contributed by atoms with Crippen molar-refractivity contribution in [2.24, 2.45) is 0 Å². The maximum absolute atomic E-state index is 12.6. The van der Waals surface area contributed by atoms with Gasteiger partial charge in [-0.15, -0.1) is 0 Å². The second kappa shape index (κ2) is 9.56. The Morgan fingerprint density at radius 3 is 2.03 bits per heavy atom. The number of ether oxygens (including phenoxy) is 2. The lowest BCUT2D eigenvalue weighted by molar-refractivity contribution is -0.120. The fraction of sp³-hybridized carbons (Fsp3) is 0.350. The number of methoxy groups -OCH3 is 2. The van der Waals surface area contributed by atoms with Crippen molar-refractivity contribution in [2.45, 2.75) is 17.9 Å². The van der Waals surface area contributed by atoms with Crippen molar-refractivity contribution in [3.05, 3.63) is 48.0 Å². The molecule has 0 radical (unpaired) electrons. The van der Waals surface area contributed by atoms with E-state index in [-0.39, 0.29) is 10.6 Å². The minimum absolute atomic E-state index is 0.173. The smallest absolute Gasteiger partial charge is 0.241 e. The fourth-order valence-electron chi connectivity index (χ4n) is 2.88. The van der Waals surface area contributed by atoms with Gasteiger partial charge < -0.3 is 14.8 Å². The van der Waals surface area contributed by atoms with E-state index in [1.165, 1.54) is 38.5 Å². The van der Waals surface area contributed by atoms with Gasteiger partial charge in [0, 0.05) is 12.3 Å². The van der Waals surface area contributed by atoms with Gasteiger partial charge in [0.2, 0.25) is 15.9 Å². The van der Waals surface area contributed by atoms with Crippen molar-refractivity contribution in [3.63, 3.8) is 0 Å². The summed E-state index contributed by atoms with van der Waals surface area (Å²) in [5.74, 6) is 0.226. The van der Waals surface area contributed by atoms with Gasteiger partial charge in [-0.2, -0.15) is 0 Å². The van der Waals surface area contributed by atoms with Gasteiger partial charge in [-0.1, -0.05) is 12.1 Å². The van der Waals surface area contributed by atoms with Gasteiger partial charge in [0.05, 0.1) is 37.1 Å². The molecule has 0 aliphatic rings. The van der Waals surface area contributed by atoms with E-state index in [2.05, 4.69) is 5.32 Å². The van der Waals surface area contributed by atoms with Gasteiger partial charge >= 0.3 is 0 Å². The molecule has 1 N–H and O–H groups in total. The number of amides is 1. The standard InChI is InChI=1S/C20H26N2O7S2/c1-14(15-6-9-17(10-7-15)30(4,24)25)21-20(23)13-22(31(5,26)27)16-8-11-18(28-2)19(12-16)29-3/h6-12,14H,13H2,1-5H3,(H,21,23)/t14-/m0/s1. The van der Waals surface area contributed by atoms with E-state index in [9.17, 15) is 21.6 Å². The number of benzene rings is 2. The Balaban J connectivity index is 2.20. The van der Waals surface area contributed by atoms with Crippen LogP contribution in [0, 0.1) is 0 Å². The summed E-state index contributed by atoms with van der Waals surface area (Å²) < 4.78 is 59.1. The highest BCUT2D eigenvalue weighted by molar-refractivity contribution is 7.92. The number of sulfonamides is 1. The van der Waals surface area contributed by atoms with E-state index < -0.39 is 38.4 Å². The largest absolute Gasteiger partial charge is 0.493 e. The summed E-state index contributed by atoms with van der Waals surface area (Å²) in [4.78, 5) is 12.8. The molecule has 0 spiro atoms. The Morgan fingerprint density at radius 2 is 1.55 bits per heavy atom. The summed E-state index contributed by atoms with van der Waals surface area (Å²) >= 11 is 0. The molecular formula is C20H26N2O7S2. The molecule has 31 heavy (non-hydrogen) atoms. The molecule has 0 saturated heterocycles. The van der Waals surface area contributed by atoms with E-state index in [0.717, 1.165) is 16.8 Å². The first-order valence-corrected chi connectivity index (χ1v) is 12.9. The predicted octanol–water partition coefficient (Wildman–Crippen LogP) is 1.75. The second-order valence-corrected chi connectivity index (χ2v) is 10.9. The second-order valence-electron chi connectivity index (χ2n) is 6.94. The average Bonchev–Trinajstić information content (AvgIpc) is 2.70. The van der Waals surface area contributed by atoms with Gasteiger partial charge in [0.1, 0.15) is 6.54 Å². The summed E-state index contributed by atoms with van der Waals surface area (Å²) in [6.45, 7) is 1.27. The van der Waals surface area contributed by atoms with E-state index in [1.54, 1.807) is 25.1 Å². The highest BCUT2D eigenvalue weighted by Gasteiger charge is 2.23. The number of carbonyl (C=O) groups excluding carboxylic acids is 1. The molecule has 0 unspecified atom stereocenters. The zero-order valence-corrected chi connectivity index (χ0v) is 19.6. The molecule has 0 aromatic heterocycles. The Bertz CT molecular complexity index is 1140. The molecular weight excluding hydrogens is 444 g/mol. The lowest BCUT2D eigenvalue weighted by Crippen LogP contribution is -2.41. The van der Waals surface area contributed by atoms with Gasteiger partial charge in [0.15, 0.2) is 21.3 Å². The van der Waals surface area contributed by atoms with E-state index in [4.69, 9.17) is 9.47 Å². The normalized spacial score (nSPS) is 12.7. The molecule has 0 saturated carbocycles. The first-order chi connectivity index (χ1) is 14.4.